The van der Waals surface area contributed by atoms with Crippen molar-refractivity contribution in [1.29, 1.82) is 0 Å². The second kappa shape index (κ2) is 6.90. The maximum absolute atomic E-state index is 12.8. The molecule has 3 rings (SSSR count). The van der Waals surface area contributed by atoms with Gasteiger partial charge in [0.1, 0.15) is 11.9 Å². The number of oxime groups is 1. The van der Waals surface area contributed by atoms with Crippen LogP contribution in [0.4, 0.5) is 4.39 Å². The molecule has 1 atom stereocenters. The molecule has 0 saturated carbocycles. The van der Waals surface area contributed by atoms with Crippen molar-refractivity contribution in [2.24, 2.45) is 5.16 Å². The lowest BCUT2D eigenvalue weighted by Gasteiger charge is -2.09. The molecule has 0 spiro atoms. The van der Waals surface area contributed by atoms with Gasteiger partial charge in [-0.2, -0.15) is 0 Å². The van der Waals surface area contributed by atoms with E-state index in [4.69, 9.17) is 16.4 Å². The molecule has 1 heterocycles. The minimum atomic E-state index is -0.219. The summed E-state index contributed by atoms with van der Waals surface area (Å²) in [6.45, 7) is 1.37. The average Bonchev–Trinajstić information content (AvgIpc) is 2.99. The van der Waals surface area contributed by atoms with Crippen molar-refractivity contribution >= 4 is 17.3 Å². The SMILES string of the molecule is Fc1ccc(CNC[C@@H]2CC(c3ccc(Cl)cc3)=NO2)cc1. The van der Waals surface area contributed by atoms with E-state index < -0.39 is 0 Å². The van der Waals surface area contributed by atoms with Crippen LogP contribution in [0.2, 0.25) is 5.02 Å². The first kappa shape index (κ1) is 15.0. The Morgan fingerprint density at radius 2 is 1.86 bits per heavy atom. The molecule has 2 aromatic carbocycles. The lowest BCUT2D eigenvalue weighted by atomic mass is 10.1. The van der Waals surface area contributed by atoms with E-state index in [1.165, 1.54) is 12.1 Å². The third kappa shape index (κ3) is 3.84. The van der Waals surface area contributed by atoms with Gasteiger partial charge in [-0.3, -0.25) is 0 Å². The summed E-state index contributed by atoms with van der Waals surface area (Å²) >= 11 is 5.88. The van der Waals surface area contributed by atoms with Gasteiger partial charge in [0.05, 0.1) is 5.71 Å². The van der Waals surface area contributed by atoms with Gasteiger partial charge in [0.2, 0.25) is 0 Å². The van der Waals surface area contributed by atoms with E-state index in [1.807, 2.05) is 24.3 Å². The van der Waals surface area contributed by atoms with Crippen molar-refractivity contribution in [2.75, 3.05) is 6.54 Å². The zero-order chi connectivity index (χ0) is 15.4. The number of hydrogen-bond donors (Lipinski definition) is 1. The molecule has 0 amide bonds. The van der Waals surface area contributed by atoms with E-state index in [2.05, 4.69) is 10.5 Å². The van der Waals surface area contributed by atoms with Gasteiger partial charge in [0.15, 0.2) is 0 Å². The monoisotopic (exact) mass is 318 g/mol. The van der Waals surface area contributed by atoms with Crippen LogP contribution in [0.5, 0.6) is 0 Å². The molecule has 0 aromatic heterocycles. The van der Waals surface area contributed by atoms with Crippen molar-refractivity contribution in [3.05, 3.63) is 70.5 Å². The number of rotatable bonds is 5. The van der Waals surface area contributed by atoms with Crippen LogP contribution >= 0.6 is 11.6 Å². The molecule has 1 N–H and O–H groups in total. The van der Waals surface area contributed by atoms with E-state index in [1.54, 1.807) is 12.1 Å². The van der Waals surface area contributed by atoms with Crippen molar-refractivity contribution in [1.82, 2.24) is 5.32 Å². The molecule has 3 nitrogen and oxygen atoms in total. The van der Waals surface area contributed by atoms with Gasteiger partial charge in [0.25, 0.3) is 0 Å². The molecular weight excluding hydrogens is 303 g/mol. The summed E-state index contributed by atoms with van der Waals surface area (Å²) in [5.74, 6) is -0.219. The lowest BCUT2D eigenvalue weighted by Crippen LogP contribution is -2.26. The van der Waals surface area contributed by atoms with Crippen LogP contribution in [0.1, 0.15) is 17.5 Å². The number of halogens is 2. The van der Waals surface area contributed by atoms with Crippen molar-refractivity contribution in [3.8, 4) is 0 Å². The second-order valence-electron chi connectivity index (χ2n) is 5.23. The smallest absolute Gasteiger partial charge is 0.145 e. The summed E-state index contributed by atoms with van der Waals surface area (Å²) in [6.07, 6.45) is 0.782. The summed E-state index contributed by atoms with van der Waals surface area (Å²) in [4.78, 5) is 5.44. The molecular formula is C17H16ClFN2O. The normalized spacial score (nSPS) is 17.2. The summed E-state index contributed by atoms with van der Waals surface area (Å²) in [7, 11) is 0. The molecule has 1 aliphatic heterocycles. The number of benzene rings is 2. The summed E-state index contributed by atoms with van der Waals surface area (Å²) < 4.78 is 12.8. The fraction of sp³-hybridized carbons (Fsp3) is 0.235. The molecule has 114 valence electrons. The molecule has 0 fully saturated rings. The van der Waals surface area contributed by atoms with E-state index in [-0.39, 0.29) is 11.9 Å². The fourth-order valence-electron chi connectivity index (χ4n) is 2.33. The molecule has 0 bridgehead atoms. The maximum atomic E-state index is 12.8. The lowest BCUT2D eigenvalue weighted by molar-refractivity contribution is 0.0848. The van der Waals surface area contributed by atoms with E-state index >= 15 is 0 Å². The highest BCUT2D eigenvalue weighted by atomic mass is 35.5. The Hall–Kier alpha value is -1.91. The second-order valence-corrected chi connectivity index (χ2v) is 5.67. The minimum Gasteiger partial charge on any atom is -0.390 e. The first-order valence-electron chi connectivity index (χ1n) is 7.14. The van der Waals surface area contributed by atoms with Crippen molar-refractivity contribution in [3.63, 3.8) is 0 Å². The highest BCUT2D eigenvalue weighted by molar-refractivity contribution is 6.30. The van der Waals surface area contributed by atoms with Gasteiger partial charge in [-0.1, -0.05) is 41.0 Å². The highest BCUT2D eigenvalue weighted by Gasteiger charge is 2.21. The topological polar surface area (TPSA) is 33.6 Å². The average molecular weight is 319 g/mol. The van der Waals surface area contributed by atoms with Gasteiger partial charge in [-0.05, 0) is 35.4 Å². The fourth-order valence-corrected chi connectivity index (χ4v) is 2.46. The van der Waals surface area contributed by atoms with Gasteiger partial charge < -0.3 is 10.2 Å². The molecule has 0 radical (unpaired) electrons. The van der Waals surface area contributed by atoms with Gasteiger partial charge >= 0.3 is 0 Å². The van der Waals surface area contributed by atoms with E-state index in [0.29, 0.717) is 18.1 Å². The molecule has 5 heteroatoms. The first-order valence-corrected chi connectivity index (χ1v) is 7.52. The van der Waals surface area contributed by atoms with Crippen LogP contribution < -0.4 is 5.32 Å². The standard InChI is InChI=1S/C17H16ClFN2O/c18-14-5-3-13(4-6-14)17-9-16(22-21-17)11-20-10-12-1-7-15(19)8-2-12/h1-8,16,20H,9-11H2/t16-/m0/s1. The Balaban J connectivity index is 1.46. The van der Waals surface area contributed by atoms with Crippen LogP contribution in [0, 0.1) is 5.82 Å². The van der Waals surface area contributed by atoms with Gasteiger partial charge in [0, 0.05) is 24.5 Å². The Labute approximate surface area is 133 Å². The summed E-state index contributed by atoms with van der Waals surface area (Å²) in [5.41, 5.74) is 3.01. The van der Waals surface area contributed by atoms with E-state index in [9.17, 15) is 4.39 Å². The number of hydrogen-bond acceptors (Lipinski definition) is 3. The first-order chi connectivity index (χ1) is 10.7. The number of nitrogens with one attached hydrogen (secondary N) is 1. The molecule has 0 aliphatic carbocycles. The molecule has 0 unspecified atom stereocenters. The van der Waals surface area contributed by atoms with Crippen LogP contribution in [0.15, 0.2) is 53.7 Å². The van der Waals surface area contributed by atoms with E-state index in [0.717, 1.165) is 23.3 Å². The largest absolute Gasteiger partial charge is 0.390 e. The summed E-state index contributed by atoms with van der Waals surface area (Å²) in [5, 5.41) is 8.15. The van der Waals surface area contributed by atoms with Crippen LogP contribution in [0.25, 0.3) is 0 Å². The summed E-state index contributed by atoms with van der Waals surface area (Å²) in [6, 6.07) is 14.0. The zero-order valence-electron chi connectivity index (χ0n) is 11.9. The quantitative estimate of drug-likeness (QED) is 0.910. The Bertz CT molecular complexity index is 655. The van der Waals surface area contributed by atoms with Crippen molar-refractivity contribution < 1.29 is 9.23 Å². The Morgan fingerprint density at radius 3 is 2.59 bits per heavy atom. The number of nitrogens with zero attached hydrogens (tertiary/aromatic N) is 1. The van der Waals surface area contributed by atoms with Crippen LogP contribution in [0.3, 0.4) is 0 Å². The highest BCUT2D eigenvalue weighted by Crippen LogP contribution is 2.18. The molecule has 0 saturated heterocycles. The molecule has 1 aliphatic rings. The Kier molecular flexibility index (Phi) is 4.71. The van der Waals surface area contributed by atoms with Gasteiger partial charge in [-0.15, -0.1) is 0 Å². The van der Waals surface area contributed by atoms with Gasteiger partial charge in [-0.25, -0.2) is 4.39 Å². The predicted molar refractivity (Wildman–Crippen MR) is 85.6 cm³/mol. The third-order valence-corrected chi connectivity index (χ3v) is 3.78. The Morgan fingerprint density at radius 1 is 1.14 bits per heavy atom. The predicted octanol–water partition coefficient (Wildman–Crippen LogP) is 3.76. The van der Waals surface area contributed by atoms with Crippen LogP contribution in [-0.4, -0.2) is 18.4 Å². The maximum Gasteiger partial charge on any atom is 0.145 e. The molecule has 22 heavy (non-hydrogen) atoms. The third-order valence-electron chi connectivity index (χ3n) is 3.52. The zero-order valence-corrected chi connectivity index (χ0v) is 12.7. The minimum absolute atomic E-state index is 0.0196. The van der Waals surface area contributed by atoms with Crippen molar-refractivity contribution in [2.45, 2.75) is 19.1 Å². The molecule has 2 aromatic rings. The van der Waals surface area contributed by atoms with Crippen LogP contribution in [-0.2, 0) is 11.4 Å².